The molecule has 0 amide bonds. The molecule has 0 aliphatic carbocycles. The Labute approximate surface area is 115 Å². The second kappa shape index (κ2) is 8.11. The Balaban J connectivity index is 2.40. The lowest BCUT2D eigenvalue weighted by molar-refractivity contribution is -0.384. The summed E-state index contributed by atoms with van der Waals surface area (Å²) in [5.41, 5.74) is 3.41. The molecule has 1 aromatic rings. The van der Waals surface area contributed by atoms with Crippen molar-refractivity contribution in [3.63, 3.8) is 0 Å². The van der Waals surface area contributed by atoms with Crippen LogP contribution in [0.3, 0.4) is 0 Å². The Bertz CT molecular complexity index is 462. The topological polar surface area (TPSA) is 88.8 Å². The van der Waals surface area contributed by atoms with Gasteiger partial charge in [0.25, 0.3) is 5.69 Å². The van der Waals surface area contributed by atoms with E-state index in [1.807, 2.05) is 0 Å². The summed E-state index contributed by atoms with van der Waals surface area (Å²) in [5.74, 6) is 0. The maximum Gasteiger partial charge on any atom is 0.269 e. The van der Waals surface area contributed by atoms with E-state index in [2.05, 4.69) is 15.8 Å². The van der Waals surface area contributed by atoms with Gasteiger partial charge in [-0.3, -0.25) is 15.5 Å². The third-order valence-corrected chi connectivity index (χ3v) is 2.31. The van der Waals surface area contributed by atoms with E-state index < -0.39 is 4.92 Å². The molecule has 0 bridgehead atoms. The highest BCUT2D eigenvalue weighted by molar-refractivity contribution is 7.80. The van der Waals surface area contributed by atoms with Crippen LogP contribution in [0.25, 0.3) is 0 Å². The zero-order valence-corrected chi connectivity index (χ0v) is 11.1. The largest absolute Gasteiger partial charge is 0.383 e. The number of benzene rings is 1. The van der Waals surface area contributed by atoms with E-state index in [1.165, 1.54) is 18.3 Å². The molecule has 1 aromatic carbocycles. The van der Waals surface area contributed by atoms with Crippen LogP contribution in [0.2, 0.25) is 0 Å². The minimum absolute atomic E-state index is 0.0434. The molecule has 0 aromatic heterocycles. The molecule has 0 heterocycles. The Kier molecular flexibility index (Phi) is 6.41. The van der Waals surface area contributed by atoms with Gasteiger partial charge < -0.3 is 10.1 Å². The molecule has 0 atom stereocenters. The lowest BCUT2D eigenvalue weighted by atomic mass is 10.2. The van der Waals surface area contributed by atoms with Crippen LogP contribution in [0.5, 0.6) is 0 Å². The number of hydrazone groups is 1. The van der Waals surface area contributed by atoms with Crippen molar-refractivity contribution < 1.29 is 9.66 Å². The first kappa shape index (κ1) is 15.0. The Morgan fingerprint density at radius 2 is 2.21 bits per heavy atom. The van der Waals surface area contributed by atoms with Gasteiger partial charge in [0, 0.05) is 25.8 Å². The molecule has 0 fully saturated rings. The molecule has 0 aliphatic heterocycles. The van der Waals surface area contributed by atoms with Crippen LogP contribution < -0.4 is 10.7 Å². The van der Waals surface area contributed by atoms with Gasteiger partial charge >= 0.3 is 0 Å². The third kappa shape index (κ3) is 5.89. The summed E-state index contributed by atoms with van der Waals surface area (Å²) in [7, 11) is 1.60. The predicted octanol–water partition coefficient (Wildman–Crippen LogP) is 1.04. The second-order valence-corrected chi connectivity index (χ2v) is 3.88. The first-order chi connectivity index (χ1) is 9.13. The molecule has 0 unspecified atom stereocenters. The number of nitro benzene ring substituents is 1. The average Bonchev–Trinajstić information content (AvgIpc) is 2.39. The summed E-state index contributed by atoms with van der Waals surface area (Å²) in [6.07, 6.45) is 1.52. The summed E-state index contributed by atoms with van der Waals surface area (Å²) in [6, 6.07) is 6.03. The third-order valence-electron chi connectivity index (χ3n) is 2.08. The monoisotopic (exact) mass is 282 g/mol. The summed E-state index contributed by atoms with van der Waals surface area (Å²) in [6.45, 7) is 1.14. The van der Waals surface area contributed by atoms with Crippen molar-refractivity contribution in [3.8, 4) is 0 Å². The summed E-state index contributed by atoms with van der Waals surface area (Å²) >= 11 is 4.96. The minimum Gasteiger partial charge on any atom is -0.383 e. The van der Waals surface area contributed by atoms with Gasteiger partial charge in [0.05, 0.1) is 17.7 Å². The van der Waals surface area contributed by atoms with Crippen molar-refractivity contribution in [1.29, 1.82) is 0 Å². The van der Waals surface area contributed by atoms with Crippen LogP contribution in [0, 0.1) is 10.1 Å². The van der Waals surface area contributed by atoms with Crippen LogP contribution >= 0.6 is 12.2 Å². The molecule has 0 spiro atoms. The van der Waals surface area contributed by atoms with Gasteiger partial charge in [0.15, 0.2) is 5.11 Å². The molecular weight excluding hydrogens is 268 g/mol. The first-order valence-electron chi connectivity index (χ1n) is 5.44. The molecule has 1 rings (SSSR count). The van der Waals surface area contributed by atoms with Crippen LogP contribution in [0.4, 0.5) is 5.69 Å². The number of ether oxygens (including phenoxy) is 1. The standard InChI is InChI=1S/C11H14N4O3S/c1-18-7-6-12-11(19)14-13-8-9-2-4-10(5-3-9)15(16)17/h2-5,8H,6-7H2,1H3,(H2,12,14,19). The highest BCUT2D eigenvalue weighted by Crippen LogP contribution is 2.10. The van der Waals surface area contributed by atoms with Gasteiger partial charge in [-0.1, -0.05) is 0 Å². The lowest BCUT2D eigenvalue weighted by Gasteiger charge is -2.05. The van der Waals surface area contributed by atoms with Gasteiger partial charge in [0.2, 0.25) is 0 Å². The predicted molar refractivity (Wildman–Crippen MR) is 76.3 cm³/mol. The van der Waals surface area contributed by atoms with Crippen molar-refractivity contribution in [2.24, 2.45) is 5.10 Å². The maximum atomic E-state index is 10.5. The fourth-order valence-electron chi connectivity index (χ4n) is 1.15. The van der Waals surface area contributed by atoms with Crippen LogP contribution in [0.1, 0.15) is 5.56 Å². The number of thiocarbonyl (C=S) groups is 1. The van der Waals surface area contributed by atoms with Crippen molar-refractivity contribution in [2.75, 3.05) is 20.3 Å². The van der Waals surface area contributed by atoms with Crippen molar-refractivity contribution >= 4 is 29.2 Å². The van der Waals surface area contributed by atoms with Crippen LogP contribution in [0.15, 0.2) is 29.4 Å². The number of nitro groups is 1. The minimum atomic E-state index is -0.450. The van der Waals surface area contributed by atoms with Gasteiger partial charge in [-0.2, -0.15) is 5.10 Å². The molecule has 7 nitrogen and oxygen atoms in total. The maximum absolute atomic E-state index is 10.5. The molecule has 102 valence electrons. The number of hydrogen-bond donors (Lipinski definition) is 2. The lowest BCUT2D eigenvalue weighted by Crippen LogP contribution is -2.34. The first-order valence-corrected chi connectivity index (χ1v) is 5.84. The van der Waals surface area contributed by atoms with Crippen LogP contribution in [-0.2, 0) is 4.74 Å². The molecule has 19 heavy (non-hydrogen) atoms. The summed E-state index contributed by atoms with van der Waals surface area (Å²) in [4.78, 5) is 10.0. The Hall–Kier alpha value is -2.06. The average molecular weight is 282 g/mol. The van der Waals surface area contributed by atoms with E-state index in [1.54, 1.807) is 19.2 Å². The molecule has 2 N–H and O–H groups in total. The number of hydrogen-bond acceptors (Lipinski definition) is 5. The van der Waals surface area contributed by atoms with Gasteiger partial charge in [-0.25, -0.2) is 0 Å². The molecule has 0 aliphatic rings. The van der Waals surface area contributed by atoms with Gasteiger partial charge in [-0.05, 0) is 29.9 Å². The number of rotatable bonds is 6. The second-order valence-electron chi connectivity index (χ2n) is 3.47. The highest BCUT2D eigenvalue weighted by atomic mass is 32.1. The van der Waals surface area contributed by atoms with E-state index in [-0.39, 0.29) is 5.69 Å². The van der Waals surface area contributed by atoms with E-state index in [0.29, 0.717) is 18.3 Å². The van der Waals surface area contributed by atoms with Crippen molar-refractivity contribution in [2.45, 2.75) is 0 Å². The summed E-state index contributed by atoms with van der Waals surface area (Å²) < 4.78 is 4.85. The van der Waals surface area contributed by atoms with Gasteiger partial charge in [0.1, 0.15) is 0 Å². The van der Waals surface area contributed by atoms with E-state index in [9.17, 15) is 10.1 Å². The van der Waals surface area contributed by atoms with Crippen molar-refractivity contribution in [1.82, 2.24) is 10.7 Å². The van der Waals surface area contributed by atoms with E-state index in [0.717, 1.165) is 5.56 Å². The quantitative estimate of drug-likeness (QED) is 0.266. The number of non-ortho nitro benzene ring substituents is 1. The molecular formula is C11H14N4O3S. The fraction of sp³-hybridized carbons (Fsp3) is 0.273. The van der Waals surface area contributed by atoms with Gasteiger partial charge in [-0.15, -0.1) is 0 Å². The zero-order valence-electron chi connectivity index (χ0n) is 10.3. The van der Waals surface area contributed by atoms with E-state index in [4.69, 9.17) is 17.0 Å². The van der Waals surface area contributed by atoms with Crippen molar-refractivity contribution in [3.05, 3.63) is 39.9 Å². The Morgan fingerprint density at radius 1 is 1.53 bits per heavy atom. The molecule has 0 saturated heterocycles. The number of nitrogens with zero attached hydrogens (tertiary/aromatic N) is 2. The Morgan fingerprint density at radius 3 is 2.79 bits per heavy atom. The van der Waals surface area contributed by atoms with Crippen LogP contribution in [-0.4, -0.2) is 36.5 Å². The normalized spacial score (nSPS) is 10.4. The van der Waals surface area contributed by atoms with E-state index >= 15 is 0 Å². The molecule has 0 saturated carbocycles. The SMILES string of the molecule is COCCNC(=S)NN=Cc1ccc([N+](=O)[O-])cc1. The zero-order chi connectivity index (χ0) is 14.1. The summed E-state index contributed by atoms with van der Waals surface area (Å²) in [5, 5.41) is 17.6. The molecule has 8 heteroatoms. The number of methoxy groups -OCH3 is 1. The highest BCUT2D eigenvalue weighted by Gasteiger charge is 2.02. The fourth-order valence-corrected chi connectivity index (χ4v) is 1.31. The smallest absolute Gasteiger partial charge is 0.269 e. The molecule has 0 radical (unpaired) electrons. The number of nitrogens with one attached hydrogen (secondary N) is 2.